The van der Waals surface area contributed by atoms with Crippen LogP contribution in [0.25, 0.3) is 0 Å². The van der Waals surface area contributed by atoms with E-state index < -0.39 is 17.8 Å². The van der Waals surface area contributed by atoms with Crippen molar-refractivity contribution in [2.75, 3.05) is 0 Å². The topological polar surface area (TPSA) is 54.4 Å². The van der Waals surface area contributed by atoms with E-state index in [0.717, 1.165) is 5.56 Å². The smallest absolute Gasteiger partial charge is 0.166 e. The zero-order chi connectivity index (χ0) is 18.1. The number of hydrogen-bond donors (Lipinski definition) is 1. The quantitative estimate of drug-likeness (QED) is 0.784. The molecule has 0 aliphatic rings. The van der Waals surface area contributed by atoms with Gasteiger partial charge in [0, 0.05) is 21.2 Å². The van der Waals surface area contributed by atoms with E-state index in [-0.39, 0.29) is 16.4 Å². The van der Waals surface area contributed by atoms with Crippen LogP contribution in [0.2, 0.25) is 10.0 Å². The van der Waals surface area contributed by atoms with Crippen molar-refractivity contribution in [2.24, 2.45) is 0 Å². The molecule has 0 bridgehead atoms. The van der Waals surface area contributed by atoms with Gasteiger partial charge in [0.15, 0.2) is 17.2 Å². The summed E-state index contributed by atoms with van der Waals surface area (Å²) < 4.78 is 0. The fourth-order valence-corrected chi connectivity index (χ4v) is 3.14. The van der Waals surface area contributed by atoms with E-state index in [1.807, 2.05) is 6.92 Å². The highest BCUT2D eigenvalue weighted by Crippen LogP contribution is 2.38. The first-order valence-corrected chi connectivity index (χ1v) is 8.20. The third kappa shape index (κ3) is 3.54. The summed E-state index contributed by atoms with van der Waals surface area (Å²) in [6, 6.07) is 10.0. The molecule has 2 aromatic rings. The second-order valence-electron chi connectivity index (χ2n) is 5.91. The second-order valence-corrected chi connectivity index (χ2v) is 6.73. The van der Waals surface area contributed by atoms with Gasteiger partial charge >= 0.3 is 0 Å². The standard InChI is InChI=1S/C19H18Cl2O3/c1-11-4-6-14(7-5-11)17(23)10-19(24,13(3)22)18-12(2)15(20)8-9-16(18)21/h4-9,24H,10H2,1-3H3/t19-/m1/s1. The second kappa shape index (κ2) is 7.06. The molecule has 0 unspecified atom stereocenters. The summed E-state index contributed by atoms with van der Waals surface area (Å²) in [5.74, 6) is -0.904. The Morgan fingerprint density at radius 1 is 1.00 bits per heavy atom. The van der Waals surface area contributed by atoms with Gasteiger partial charge < -0.3 is 5.11 Å². The molecule has 0 saturated heterocycles. The molecule has 5 heteroatoms. The maximum Gasteiger partial charge on any atom is 0.166 e. The van der Waals surface area contributed by atoms with Gasteiger partial charge in [-0.15, -0.1) is 0 Å². The van der Waals surface area contributed by atoms with Crippen LogP contribution in [0.5, 0.6) is 0 Å². The summed E-state index contributed by atoms with van der Waals surface area (Å²) in [7, 11) is 0. The number of Topliss-reactive ketones (excluding diaryl/α,β-unsaturated/α-hetero) is 2. The van der Waals surface area contributed by atoms with Crippen LogP contribution < -0.4 is 0 Å². The van der Waals surface area contributed by atoms with Gasteiger partial charge in [0.25, 0.3) is 0 Å². The van der Waals surface area contributed by atoms with Gasteiger partial charge in [-0.3, -0.25) is 9.59 Å². The monoisotopic (exact) mass is 364 g/mol. The van der Waals surface area contributed by atoms with Gasteiger partial charge in [0.05, 0.1) is 6.42 Å². The average molecular weight is 365 g/mol. The molecule has 0 radical (unpaired) electrons. The van der Waals surface area contributed by atoms with Crippen LogP contribution in [-0.2, 0) is 10.4 Å². The highest BCUT2D eigenvalue weighted by molar-refractivity contribution is 6.34. The minimum absolute atomic E-state index is 0.185. The fourth-order valence-electron chi connectivity index (χ4n) is 2.62. The number of aryl methyl sites for hydroxylation is 1. The van der Waals surface area contributed by atoms with Gasteiger partial charge in [-0.1, -0.05) is 53.0 Å². The van der Waals surface area contributed by atoms with Crippen molar-refractivity contribution in [1.82, 2.24) is 0 Å². The van der Waals surface area contributed by atoms with Gasteiger partial charge in [-0.2, -0.15) is 0 Å². The Morgan fingerprint density at radius 3 is 2.08 bits per heavy atom. The fraction of sp³-hybridized carbons (Fsp3) is 0.263. The molecule has 3 nitrogen and oxygen atoms in total. The Balaban J connectivity index is 2.49. The van der Waals surface area contributed by atoms with Crippen molar-refractivity contribution in [3.8, 4) is 0 Å². The molecule has 0 aliphatic carbocycles. The molecule has 1 N–H and O–H groups in total. The van der Waals surface area contributed by atoms with Crippen molar-refractivity contribution < 1.29 is 14.7 Å². The maximum atomic E-state index is 12.6. The summed E-state index contributed by atoms with van der Waals surface area (Å²) in [6.45, 7) is 4.81. The Hall–Kier alpha value is -1.68. The number of aliphatic hydroxyl groups is 1. The molecule has 0 saturated carbocycles. The van der Waals surface area contributed by atoms with Gasteiger partial charge in [-0.25, -0.2) is 0 Å². The number of hydrogen-bond acceptors (Lipinski definition) is 3. The summed E-state index contributed by atoms with van der Waals surface area (Å²) in [6.07, 6.45) is -0.397. The number of benzene rings is 2. The van der Waals surface area contributed by atoms with Crippen LogP contribution in [-0.4, -0.2) is 16.7 Å². The number of halogens is 2. The Bertz CT molecular complexity index is 797. The van der Waals surface area contributed by atoms with E-state index in [9.17, 15) is 14.7 Å². The third-order valence-corrected chi connectivity index (χ3v) is 4.86. The van der Waals surface area contributed by atoms with Crippen molar-refractivity contribution in [3.63, 3.8) is 0 Å². The minimum Gasteiger partial charge on any atom is -0.377 e. The maximum absolute atomic E-state index is 12.6. The van der Waals surface area contributed by atoms with Crippen LogP contribution >= 0.6 is 23.2 Å². The number of rotatable bonds is 5. The normalized spacial score (nSPS) is 13.4. The molecule has 2 aromatic carbocycles. The summed E-state index contributed by atoms with van der Waals surface area (Å²) in [5.41, 5.74) is 0.0926. The first-order chi connectivity index (χ1) is 11.2. The summed E-state index contributed by atoms with van der Waals surface area (Å²) in [5, 5.41) is 11.6. The predicted molar refractivity (Wildman–Crippen MR) is 95.9 cm³/mol. The van der Waals surface area contributed by atoms with Crippen LogP contribution in [0, 0.1) is 13.8 Å². The zero-order valence-corrected chi connectivity index (χ0v) is 15.2. The average Bonchev–Trinajstić information content (AvgIpc) is 2.51. The molecule has 0 amide bonds. The van der Waals surface area contributed by atoms with E-state index in [1.165, 1.54) is 13.0 Å². The molecular weight excluding hydrogens is 347 g/mol. The molecule has 0 fully saturated rings. The van der Waals surface area contributed by atoms with E-state index in [1.54, 1.807) is 37.3 Å². The van der Waals surface area contributed by atoms with Gasteiger partial charge in [0.1, 0.15) is 0 Å². The molecule has 126 valence electrons. The molecule has 0 spiro atoms. The largest absolute Gasteiger partial charge is 0.377 e. The highest BCUT2D eigenvalue weighted by Gasteiger charge is 2.40. The summed E-state index contributed by atoms with van der Waals surface area (Å²) >= 11 is 12.3. The van der Waals surface area contributed by atoms with Crippen LogP contribution in [0.1, 0.15) is 40.4 Å². The first-order valence-electron chi connectivity index (χ1n) is 7.45. The van der Waals surface area contributed by atoms with Crippen molar-refractivity contribution >= 4 is 34.8 Å². The van der Waals surface area contributed by atoms with Crippen molar-refractivity contribution in [3.05, 3.63) is 68.7 Å². The Labute approximate surface area is 151 Å². The molecule has 1 atom stereocenters. The molecule has 0 heterocycles. The van der Waals surface area contributed by atoms with Gasteiger partial charge in [-0.05, 0) is 38.5 Å². The predicted octanol–water partition coefficient (Wildman–Crippen LogP) is 4.66. The third-order valence-electron chi connectivity index (χ3n) is 4.13. The Morgan fingerprint density at radius 2 is 1.54 bits per heavy atom. The van der Waals surface area contributed by atoms with E-state index in [2.05, 4.69) is 0 Å². The van der Waals surface area contributed by atoms with Crippen molar-refractivity contribution in [2.45, 2.75) is 32.8 Å². The lowest BCUT2D eigenvalue weighted by Crippen LogP contribution is -2.37. The molecule has 0 aliphatic heterocycles. The van der Waals surface area contributed by atoms with Crippen LogP contribution in [0.3, 0.4) is 0 Å². The molecular formula is C19H18Cl2O3. The first kappa shape index (κ1) is 18.7. The lowest BCUT2D eigenvalue weighted by Gasteiger charge is -2.28. The molecule has 24 heavy (non-hydrogen) atoms. The molecule has 0 aromatic heterocycles. The van der Waals surface area contributed by atoms with Crippen LogP contribution in [0.4, 0.5) is 0 Å². The minimum atomic E-state index is -2.02. The molecule has 2 rings (SSSR count). The van der Waals surface area contributed by atoms with Crippen molar-refractivity contribution in [1.29, 1.82) is 0 Å². The number of carbonyl (C=O) groups excluding carboxylic acids is 2. The van der Waals surface area contributed by atoms with E-state index in [0.29, 0.717) is 16.1 Å². The number of carbonyl (C=O) groups is 2. The SMILES string of the molecule is CC(=O)[C@](O)(CC(=O)c1ccc(C)cc1)c1c(Cl)ccc(Cl)c1C. The zero-order valence-electron chi connectivity index (χ0n) is 13.7. The van der Waals surface area contributed by atoms with Crippen LogP contribution in [0.15, 0.2) is 36.4 Å². The van der Waals surface area contributed by atoms with E-state index in [4.69, 9.17) is 23.2 Å². The lowest BCUT2D eigenvalue weighted by molar-refractivity contribution is -0.135. The highest BCUT2D eigenvalue weighted by atomic mass is 35.5. The van der Waals surface area contributed by atoms with E-state index >= 15 is 0 Å². The number of ketones is 2. The lowest BCUT2D eigenvalue weighted by atomic mass is 9.81. The summed E-state index contributed by atoms with van der Waals surface area (Å²) in [4.78, 5) is 24.8. The Kier molecular flexibility index (Phi) is 5.49. The van der Waals surface area contributed by atoms with Gasteiger partial charge in [0.2, 0.25) is 0 Å².